The molecule has 1 N–H and O–H groups in total. The molecular weight excluding hydrogens is 224 g/mol. The van der Waals surface area contributed by atoms with Crippen LogP contribution in [0.15, 0.2) is 42.9 Å². The third-order valence-electron chi connectivity index (χ3n) is 3.18. The number of rotatable bonds is 2. The van der Waals surface area contributed by atoms with Gasteiger partial charge in [0.15, 0.2) is 0 Å². The van der Waals surface area contributed by atoms with Gasteiger partial charge < -0.3 is 10.2 Å². The molecule has 92 valence electrons. The van der Waals surface area contributed by atoms with Gasteiger partial charge in [0.1, 0.15) is 5.82 Å². The second kappa shape index (κ2) is 5.14. The van der Waals surface area contributed by atoms with Crippen LogP contribution in [-0.2, 0) is 0 Å². The zero-order chi connectivity index (χ0) is 12.2. The number of pyridine rings is 2. The molecular formula is C14H16N4. The molecule has 2 aromatic rings. The molecule has 1 fully saturated rings. The second-order valence-corrected chi connectivity index (χ2v) is 4.38. The van der Waals surface area contributed by atoms with E-state index in [1.165, 1.54) is 0 Å². The number of nitrogens with zero attached hydrogens (tertiary/aromatic N) is 3. The number of hydrogen-bond donors (Lipinski definition) is 1. The molecule has 0 radical (unpaired) electrons. The van der Waals surface area contributed by atoms with Gasteiger partial charge in [0.25, 0.3) is 0 Å². The summed E-state index contributed by atoms with van der Waals surface area (Å²) in [5.41, 5.74) is 2.22. The predicted octanol–water partition coefficient (Wildman–Crippen LogP) is 1.55. The number of aromatic nitrogens is 2. The number of piperazine rings is 1. The van der Waals surface area contributed by atoms with Crippen LogP contribution >= 0.6 is 0 Å². The van der Waals surface area contributed by atoms with Crippen LogP contribution in [0.4, 0.5) is 5.82 Å². The molecule has 1 aliphatic heterocycles. The van der Waals surface area contributed by atoms with E-state index in [9.17, 15) is 0 Å². The van der Waals surface area contributed by atoms with Crippen molar-refractivity contribution in [1.82, 2.24) is 15.3 Å². The summed E-state index contributed by atoms with van der Waals surface area (Å²) in [7, 11) is 0. The fourth-order valence-corrected chi connectivity index (χ4v) is 2.17. The highest BCUT2D eigenvalue weighted by Gasteiger charge is 2.11. The molecule has 1 saturated heterocycles. The van der Waals surface area contributed by atoms with Crippen LogP contribution in [0.1, 0.15) is 0 Å². The molecule has 3 heterocycles. The van der Waals surface area contributed by atoms with Crippen molar-refractivity contribution in [3.63, 3.8) is 0 Å². The Morgan fingerprint density at radius 1 is 1.00 bits per heavy atom. The first-order chi connectivity index (χ1) is 8.93. The van der Waals surface area contributed by atoms with Gasteiger partial charge in [-0.1, -0.05) is 6.07 Å². The maximum atomic E-state index is 4.55. The van der Waals surface area contributed by atoms with Gasteiger partial charge in [-0.3, -0.25) is 4.98 Å². The Balaban J connectivity index is 1.80. The van der Waals surface area contributed by atoms with E-state index in [1.807, 2.05) is 18.5 Å². The molecule has 0 saturated carbocycles. The van der Waals surface area contributed by atoms with Crippen LogP contribution in [0.5, 0.6) is 0 Å². The van der Waals surface area contributed by atoms with E-state index in [1.54, 1.807) is 6.20 Å². The molecule has 4 nitrogen and oxygen atoms in total. The fraction of sp³-hybridized carbons (Fsp3) is 0.286. The monoisotopic (exact) mass is 240 g/mol. The van der Waals surface area contributed by atoms with Gasteiger partial charge in [-0.25, -0.2) is 4.98 Å². The average molecular weight is 240 g/mol. The molecule has 0 aliphatic carbocycles. The molecule has 2 aromatic heterocycles. The first-order valence-electron chi connectivity index (χ1n) is 6.25. The topological polar surface area (TPSA) is 41.1 Å². The Kier molecular flexibility index (Phi) is 3.19. The third kappa shape index (κ3) is 2.33. The summed E-state index contributed by atoms with van der Waals surface area (Å²) < 4.78 is 0. The number of nitrogens with one attached hydrogen (secondary N) is 1. The molecule has 0 unspecified atom stereocenters. The standard InChI is InChI=1S/C14H16N4/c1-2-12(10-16-5-1)13-3-4-14(17-11-13)18-8-6-15-7-9-18/h1-5,10-11,15H,6-9H2. The Morgan fingerprint density at radius 3 is 2.50 bits per heavy atom. The van der Waals surface area contributed by atoms with Gasteiger partial charge in [-0.15, -0.1) is 0 Å². The minimum absolute atomic E-state index is 1.03. The zero-order valence-electron chi connectivity index (χ0n) is 10.2. The van der Waals surface area contributed by atoms with Crippen molar-refractivity contribution in [3.05, 3.63) is 42.9 Å². The van der Waals surface area contributed by atoms with E-state index in [2.05, 4.69) is 38.4 Å². The van der Waals surface area contributed by atoms with Crippen molar-refractivity contribution >= 4 is 5.82 Å². The second-order valence-electron chi connectivity index (χ2n) is 4.38. The Morgan fingerprint density at radius 2 is 1.83 bits per heavy atom. The van der Waals surface area contributed by atoms with Crippen molar-refractivity contribution in [2.45, 2.75) is 0 Å². The molecule has 3 rings (SSSR count). The lowest BCUT2D eigenvalue weighted by atomic mass is 10.1. The van der Waals surface area contributed by atoms with Gasteiger partial charge >= 0.3 is 0 Å². The molecule has 4 heteroatoms. The smallest absolute Gasteiger partial charge is 0.128 e. The minimum Gasteiger partial charge on any atom is -0.354 e. The maximum Gasteiger partial charge on any atom is 0.128 e. The largest absolute Gasteiger partial charge is 0.354 e. The van der Waals surface area contributed by atoms with Crippen molar-refractivity contribution < 1.29 is 0 Å². The van der Waals surface area contributed by atoms with Crippen molar-refractivity contribution in [2.24, 2.45) is 0 Å². The van der Waals surface area contributed by atoms with Crippen LogP contribution in [0.3, 0.4) is 0 Å². The van der Waals surface area contributed by atoms with E-state index in [0.717, 1.165) is 43.1 Å². The summed E-state index contributed by atoms with van der Waals surface area (Å²) in [4.78, 5) is 11.0. The summed E-state index contributed by atoms with van der Waals surface area (Å²) in [6, 6.07) is 8.20. The highest BCUT2D eigenvalue weighted by atomic mass is 15.2. The van der Waals surface area contributed by atoms with E-state index in [0.29, 0.717) is 0 Å². The Hall–Kier alpha value is -1.94. The lowest BCUT2D eigenvalue weighted by molar-refractivity contribution is 0.585. The highest BCUT2D eigenvalue weighted by molar-refractivity contribution is 5.62. The average Bonchev–Trinajstić information content (AvgIpc) is 2.49. The van der Waals surface area contributed by atoms with Crippen molar-refractivity contribution in [1.29, 1.82) is 0 Å². The summed E-state index contributed by atoms with van der Waals surface area (Å²) in [5.74, 6) is 1.06. The molecule has 1 aliphatic rings. The van der Waals surface area contributed by atoms with E-state index in [4.69, 9.17) is 0 Å². The molecule has 0 atom stereocenters. The third-order valence-corrected chi connectivity index (χ3v) is 3.18. The van der Waals surface area contributed by atoms with Crippen molar-refractivity contribution in [3.8, 4) is 11.1 Å². The van der Waals surface area contributed by atoms with Gasteiger partial charge in [-0.2, -0.15) is 0 Å². The van der Waals surface area contributed by atoms with E-state index >= 15 is 0 Å². The number of hydrogen-bond acceptors (Lipinski definition) is 4. The van der Waals surface area contributed by atoms with Gasteiger partial charge in [0, 0.05) is 55.9 Å². The lowest BCUT2D eigenvalue weighted by Crippen LogP contribution is -2.43. The highest BCUT2D eigenvalue weighted by Crippen LogP contribution is 2.19. The SMILES string of the molecule is c1cncc(-c2ccc(N3CCNCC3)nc2)c1. The molecule has 0 bridgehead atoms. The minimum atomic E-state index is 1.03. The van der Waals surface area contributed by atoms with Crippen LogP contribution in [-0.4, -0.2) is 36.1 Å². The van der Waals surface area contributed by atoms with Gasteiger partial charge in [-0.05, 0) is 18.2 Å². The molecule has 18 heavy (non-hydrogen) atoms. The molecule has 0 spiro atoms. The lowest BCUT2D eigenvalue weighted by Gasteiger charge is -2.28. The van der Waals surface area contributed by atoms with Crippen LogP contribution in [0.25, 0.3) is 11.1 Å². The summed E-state index contributed by atoms with van der Waals surface area (Å²) in [6.07, 6.45) is 5.57. The summed E-state index contributed by atoms with van der Waals surface area (Å²) >= 11 is 0. The van der Waals surface area contributed by atoms with Crippen LogP contribution in [0.2, 0.25) is 0 Å². The normalized spacial score (nSPS) is 15.7. The van der Waals surface area contributed by atoms with E-state index < -0.39 is 0 Å². The van der Waals surface area contributed by atoms with Crippen LogP contribution in [0, 0.1) is 0 Å². The molecule has 0 amide bonds. The van der Waals surface area contributed by atoms with E-state index in [-0.39, 0.29) is 0 Å². The quantitative estimate of drug-likeness (QED) is 0.864. The van der Waals surface area contributed by atoms with Crippen LogP contribution < -0.4 is 10.2 Å². The predicted molar refractivity (Wildman–Crippen MR) is 72.6 cm³/mol. The summed E-state index contributed by atoms with van der Waals surface area (Å²) in [6.45, 7) is 4.12. The first-order valence-corrected chi connectivity index (χ1v) is 6.25. The fourth-order valence-electron chi connectivity index (χ4n) is 2.17. The Bertz CT molecular complexity index is 489. The summed E-state index contributed by atoms with van der Waals surface area (Å²) in [5, 5.41) is 3.34. The maximum absolute atomic E-state index is 4.55. The molecule has 0 aromatic carbocycles. The van der Waals surface area contributed by atoms with Gasteiger partial charge in [0.05, 0.1) is 0 Å². The number of anilines is 1. The van der Waals surface area contributed by atoms with Gasteiger partial charge in [0.2, 0.25) is 0 Å². The first kappa shape index (κ1) is 11.2. The zero-order valence-corrected chi connectivity index (χ0v) is 10.2. The van der Waals surface area contributed by atoms with Crippen molar-refractivity contribution in [2.75, 3.05) is 31.1 Å². The Labute approximate surface area is 107 Å².